The first-order valence-electron chi connectivity index (χ1n) is 7.65. The molecule has 146 valence electrons. The van der Waals surface area contributed by atoms with Crippen molar-refractivity contribution in [1.82, 2.24) is 0 Å². The summed E-state index contributed by atoms with van der Waals surface area (Å²) in [5.41, 5.74) is -1.89. The van der Waals surface area contributed by atoms with Crippen LogP contribution in [0.1, 0.15) is 15.9 Å². The van der Waals surface area contributed by atoms with Crippen molar-refractivity contribution in [2.75, 3.05) is 12.4 Å². The van der Waals surface area contributed by atoms with Crippen molar-refractivity contribution in [2.24, 2.45) is 0 Å². The molecule has 0 saturated carbocycles. The number of carbonyl (C=O) groups excluding carboxylic acids is 2. The van der Waals surface area contributed by atoms with Gasteiger partial charge in [0.15, 0.2) is 5.78 Å². The van der Waals surface area contributed by atoms with Gasteiger partial charge in [0.05, 0.1) is 17.6 Å². The zero-order chi connectivity index (χ0) is 20.9. The van der Waals surface area contributed by atoms with Crippen molar-refractivity contribution in [3.63, 3.8) is 0 Å². The Kier molecular flexibility index (Phi) is 6.14. The van der Waals surface area contributed by atoms with E-state index in [-0.39, 0.29) is 16.9 Å². The highest BCUT2D eigenvalue weighted by atomic mass is 19.4. The summed E-state index contributed by atoms with van der Waals surface area (Å²) < 4.78 is 43.0. The minimum atomic E-state index is -4.59. The van der Waals surface area contributed by atoms with Gasteiger partial charge in [-0.15, -0.1) is 0 Å². The van der Waals surface area contributed by atoms with E-state index in [1.165, 1.54) is 24.3 Å². The molecule has 0 saturated heterocycles. The molecule has 0 aliphatic carbocycles. The maximum atomic E-state index is 12.8. The van der Waals surface area contributed by atoms with Gasteiger partial charge >= 0.3 is 12.1 Å². The second-order valence-corrected chi connectivity index (χ2v) is 5.42. The minimum absolute atomic E-state index is 0.0820. The number of alkyl halides is 3. The number of ether oxygens (including phenoxy) is 1. The monoisotopic (exact) mass is 394 g/mol. The van der Waals surface area contributed by atoms with Crippen molar-refractivity contribution in [1.29, 1.82) is 0 Å². The van der Waals surface area contributed by atoms with Crippen LogP contribution in [-0.4, -0.2) is 23.8 Å². The summed E-state index contributed by atoms with van der Waals surface area (Å²) in [6.07, 6.45) is -3.79. The van der Waals surface area contributed by atoms with Crippen LogP contribution in [-0.2, 0) is 15.7 Å². The molecule has 2 aromatic rings. The minimum Gasteiger partial charge on any atom is -0.464 e. The van der Waals surface area contributed by atoms with Gasteiger partial charge in [-0.2, -0.15) is 13.2 Å². The Bertz CT molecular complexity index is 954. The van der Waals surface area contributed by atoms with Gasteiger partial charge in [0.2, 0.25) is 0 Å². The molecule has 2 aromatic carbocycles. The Morgan fingerprint density at radius 3 is 2.43 bits per heavy atom. The number of hydrogen-bond acceptors (Lipinski definition) is 6. The molecule has 1 N–H and O–H groups in total. The van der Waals surface area contributed by atoms with Crippen LogP contribution in [0.5, 0.6) is 0 Å². The lowest BCUT2D eigenvalue weighted by atomic mass is 10.1. The molecule has 0 spiro atoms. The van der Waals surface area contributed by atoms with Gasteiger partial charge in [-0.05, 0) is 18.2 Å². The van der Waals surface area contributed by atoms with E-state index >= 15 is 0 Å². The number of carbonyl (C=O) groups is 2. The van der Waals surface area contributed by atoms with Crippen LogP contribution in [0.4, 0.5) is 24.5 Å². The zero-order valence-corrected chi connectivity index (χ0v) is 14.3. The Labute approximate surface area is 156 Å². The average molecular weight is 394 g/mol. The number of benzene rings is 2. The molecular formula is C18H13F3N2O5. The predicted molar refractivity (Wildman–Crippen MR) is 92.6 cm³/mol. The molecule has 0 aliphatic rings. The molecule has 0 amide bonds. The van der Waals surface area contributed by atoms with E-state index in [4.69, 9.17) is 0 Å². The lowest BCUT2D eigenvalue weighted by Gasteiger charge is -2.12. The fourth-order valence-electron chi connectivity index (χ4n) is 2.17. The number of nitro groups is 1. The summed E-state index contributed by atoms with van der Waals surface area (Å²) in [5.74, 6) is -1.78. The average Bonchev–Trinajstić information content (AvgIpc) is 2.66. The number of nitrogens with zero attached hydrogens (tertiary/aromatic N) is 1. The first-order chi connectivity index (χ1) is 13.1. The Hall–Kier alpha value is -3.69. The van der Waals surface area contributed by atoms with Gasteiger partial charge < -0.3 is 10.1 Å². The van der Waals surface area contributed by atoms with Gasteiger partial charge in [0, 0.05) is 29.5 Å². The summed E-state index contributed by atoms with van der Waals surface area (Å²) in [6.45, 7) is 0. The van der Waals surface area contributed by atoms with Crippen molar-refractivity contribution in [2.45, 2.75) is 6.18 Å². The van der Waals surface area contributed by atoms with Gasteiger partial charge in [-0.1, -0.05) is 18.2 Å². The molecule has 0 atom stereocenters. The molecule has 10 heteroatoms. The topological polar surface area (TPSA) is 98.5 Å². The normalized spacial score (nSPS) is 11.6. The number of ketones is 1. The molecule has 0 aromatic heterocycles. The lowest BCUT2D eigenvalue weighted by molar-refractivity contribution is -0.384. The summed E-state index contributed by atoms with van der Waals surface area (Å²) in [5, 5.41) is 13.2. The molecule has 28 heavy (non-hydrogen) atoms. The molecule has 0 fully saturated rings. The summed E-state index contributed by atoms with van der Waals surface area (Å²) in [7, 11) is 1.03. The third-order valence-electron chi connectivity index (χ3n) is 3.49. The number of allylic oxidation sites excluding steroid dienone is 1. The Morgan fingerprint density at radius 1 is 1.14 bits per heavy atom. The fraction of sp³-hybridized carbons (Fsp3) is 0.111. The van der Waals surface area contributed by atoms with Gasteiger partial charge in [0.1, 0.15) is 5.70 Å². The van der Waals surface area contributed by atoms with Crippen LogP contribution < -0.4 is 5.32 Å². The summed E-state index contributed by atoms with van der Waals surface area (Å²) in [4.78, 5) is 34.4. The second kappa shape index (κ2) is 8.33. The molecular weight excluding hydrogens is 381 g/mol. The number of nitrogens with one attached hydrogen (secondary N) is 1. The first-order valence-corrected chi connectivity index (χ1v) is 7.65. The molecule has 0 bridgehead atoms. The van der Waals surface area contributed by atoms with Crippen LogP contribution >= 0.6 is 0 Å². The van der Waals surface area contributed by atoms with E-state index in [2.05, 4.69) is 10.1 Å². The third-order valence-corrected chi connectivity index (χ3v) is 3.49. The van der Waals surface area contributed by atoms with Crippen molar-refractivity contribution in [3.05, 3.63) is 81.5 Å². The van der Waals surface area contributed by atoms with E-state index in [0.29, 0.717) is 0 Å². The number of rotatable bonds is 6. The van der Waals surface area contributed by atoms with E-state index in [1.54, 1.807) is 0 Å². The molecule has 0 heterocycles. The van der Waals surface area contributed by atoms with Crippen LogP contribution in [0, 0.1) is 10.1 Å². The lowest BCUT2D eigenvalue weighted by Crippen LogP contribution is -2.15. The first kappa shape index (κ1) is 20.6. The standard InChI is InChI=1S/C18H13F3N2O5/c1-28-17(25)15(22-13-6-3-5-12(9-13)18(19,20)21)10-16(24)11-4-2-7-14(8-11)23(26)27/h2-10,22H,1H3. The largest absolute Gasteiger partial charge is 0.464 e. The van der Waals surface area contributed by atoms with Gasteiger partial charge in [-0.25, -0.2) is 4.79 Å². The van der Waals surface area contributed by atoms with E-state index in [9.17, 15) is 32.9 Å². The zero-order valence-electron chi connectivity index (χ0n) is 14.3. The van der Waals surface area contributed by atoms with Crippen molar-refractivity contribution < 1.29 is 32.4 Å². The number of methoxy groups -OCH3 is 1. The van der Waals surface area contributed by atoms with Crippen LogP contribution in [0.15, 0.2) is 60.3 Å². The highest BCUT2D eigenvalue weighted by molar-refractivity contribution is 6.09. The molecule has 0 aliphatic heterocycles. The van der Waals surface area contributed by atoms with E-state index in [0.717, 1.165) is 37.5 Å². The number of halogens is 3. The maximum Gasteiger partial charge on any atom is 0.416 e. The van der Waals surface area contributed by atoms with Crippen LogP contribution in [0.2, 0.25) is 0 Å². The number of non-ortho nitro benzene ring substituents is 1. The second-order valence-electron chi connectivity index (χ2n) is 5.42. The Balaban J connectivity index is 2.36. The van der Waals surface area contributed by atoms with Gasteiger partial charge in [-0.3, -0.25) is 14.9 Å². The van der Waals surface area contributed by atoms with E-state index in [1.807, 2.05) is 0 Å². The quantitative estimate of drug-likeness (QED) is 0.262. The van der Waals surface area contributed by atoms with Crippen molar-refractivity contribution in [3.8, 4) is 0 Å². The number of hydrogen-bond donors (Lipinski definition) is 1. The SMILES string of the molecule is COC(=O)C(=CC(=O)c1cccc([N+](=O)[O-])c1)Nc1cccc(C(F)(F)F)c1. The summed E-state index contributed by atoms with van der Waals surface area (Å²) in [6, 6.07) is 8.78. The third kappa shape index (κ3) is 5.16. The number of anilines is 1. The molecule has 2 rings (SSSR count). The fourth-order valence-corrected chi connectivity index (χ4v) is 2.17. The highest BCUT2D eigenvalue weighted by Gasteiger charge is 2.30. The molecule has 0 radical (unpaired) electrons. The number of esters is 1. The van der Waals surface area contributed by atoms with Gasteiger partial charge in [0.25, 0.3) is 5.69 Å². The molecule has 7 nitrogen and oxygen atoms in total. The highest BCUT2D eigenvalue weighted by Crippen LogP contribution is 2.31. The van der Waals surface area contributed by atoms with Crippen molar-refractivity contribution >= 4 is 23.1 Å². The number of nitro benzene ring substituents is 1. The molecule has 0 unspecified atom stereocenters. The smallest absolute Gasteiger partial charge is 0.416 e. The Morgan fingerprint density at radius 2 is 1.82 bits per heavy atom. The van der Waals surface area contributed by atoms with E-state index < -0.39 is 34.1 Å². The van der Waals surface area contributed by atoms with Crippen LogP contribution in [0.25, 0.3) is 0 Å². The summed E-state index contributed by atoms with van der Waals surface area (Å²) >= 11 is 0. The predicted octanol–water partition coefficient (Wildman–Crippen LogP) is 3.97. The van der Waals surface area contributed by atoms with Crippen LogP contribution in [0.3, 0.4) is 0 Å². The maximum absolute atomic E-state index is 12.8.